The summed E-state index contributed by atoms with van der Waals surface area (Å²) in [6.07, 6.45) is 3.81. The molecule has 1 aliphatic rings. The van der Waals surface area contributed by atoms with Crippen LogP contribution in [0.15, 0.2) is 30.5 Å². The van der Waals surface area contributed by atoms with Crippen LogP contribution in [0.1, 0.15) is 28.9 Å². The topological polar surface area (TPSA) is 78.3 Å². The molecule has 7 nitrogen and oxygen atoms in total. The van der Waals surface area contributed by atoms with E-state index in [1.807, 2.05) is 24.3 Å². The number of aromatic nitrogens is 3. The third kappa shape index (κ3) is 4.07. The van der Waals surface area contributed by atoms with E-state index < -0.39 is 0 Å². The molecular formula is C16H20N4O3. The average Bonchev–Trinajstić information content (AvgIpc) is 3.25. The van der Waals surface area contributed by atoms with Crippen LogP contribution in [0.5, 0.6) is 5.75 Å². The van der Waals surface area contributed by atoms with Crippen LogP contribution < -0.4 is 10.1 Å². The zero-order valence-electron chi connectivity index (χ0n) is 13.1. The number of rotatable bonds is 6. The van der Waals surface area contributed by atoms with E-state index in [2.05, 4.69) is 15.6 Å². The highest BCUT2D eigenvalue weighted by Crippen LogP contribution is 2.12. The van der Waals surface area contributed by atoms with Crippen LogP contribution >= 0.6 is 0 Å². The molecule has 0 spiro atoms. The number of hydrogen-bond acceptors (Lipinski definition) is 5. The highest BCUT2D eigenvalue weighted by molar-refractivity contribution is 5.91. The van der Waals surface area contributed by atoms with E-state index in [1.54, 1.807) is 18.0 Å². The first-order valence-corrected chi connectivity index (χ1v) is 7.67. The predicted molar refractivity (Wildman–Crippen MR) is 83.4 cm³/mol. The normalized spacial score (nSPS) is 17.2. The SMILES string of the molecule is COc1ccc(Cn2cc(C(=O)NC[C@H]3CCCO3)nn2)cc1. The van der Waals surface area contributed by atoms with E-state index in [0.717, 1.165) is 30.8 Å². The Morgan fingerprint density at radius 2 is 2.26 bits per heavy atom. The summed E-state index contributed by atoms with van der Waals surface area (Å²) in [6.45, 7) is 1.85. The number of methoxy groups -OCH3 is 1. The average molecular weight is 316 g/mol. The summed E-state index contributed by atoms with van der Waals surface area (Å²) in [7, 11) is 1.63. The van der Waals surface area contributed by atoms with Crippen LogP contribution in [-0.2, 0) is 11.3 Å². The first kappa shape index (κ1) is 15.5. The van der Waals surface area contributed by atoms with E-state index in [4.69, 9.17) is 9.47 Å². The summed E-state index contributed by atoms with van der Waals surface area (Å²) < 4.78 is 12.2. The van der Waals surface area contributed by atoms with Gasteiger partial charge >= 0.3 is 0 Å². The van der Waals surface area contributed by atoms with Crippen LogP contribution in [0.4, 0.5) is 0 Å². The maximum absolute atomic E-state index is 12.1. The minimum absolute atomic E-state index is 0.119. The lowest BCUT2D eigenvalue weighted by Crippen LogP contribution is -2.31. The highest BCUT2D eigenvalue weighted by Gasteiger charge is 2.18. The Labute approximate surface area is 134 Å². The zero-order chi connectivity index (χ0) is 16.1. The van der Waals surface area contributed by atoms with Crippen LogP contribution in [0, 0.1) is 0 Å². The van der Waals surface area contributed by atoms with E-state index in [-0.39, 0.29) is 12.0 Å². The molecule has 1 atom stereocenters. The van der Waals surface area contributed by atoms with Crippen molar-refractivity contribution in [2.24, 2.45) is 0 Å². The summed E-state index contributed by atoms with van der Waals surface area (Å²) >= 11 is 0. The predicted octanol–water partition coefficient (Wildman–Crippen LogP) is 1.24. The molecule has 0 unspecified atom stereocenters. The lowest BCUT2D eigenvalue weighted by Gasteiger charge is -2.09. The number of benzene rings is 1. The second-order valence-electron chi connectivity index (χ2n) is 5.49. The molecule has 2 aromatic rings. The van der Waals surface area contributed by atoms with Crippen molar-refractivity contribution in [1.82, 2.24) is 20.3 Å². The van der Waals surface area contributed by atoms with Gasteiger partial charge in [0.1, 0.15) is 5.75 Å². The molecule has 1 fully saturated rings. The summed E-state index contributed by atoms with van der Waals surface area (Å²) in [5.74, 6) is 0.586. The van der Waals surface area contributed by atoms with Gasteiger partial charge in [-0.15, -0.1) is 5.10 Å². The second-order valence-corrected chi connectivity index (χ2v) is 5.49. The number of ether oxygens (including phenoxy) is 2. The third-order valence-corrected chi connectivity index (χ3v) is 3.79. The molecule has 1 amide bonds. The molecule has 1 saturated heterocycles. The van der Waals surface area contributed by atoms with Crippen LogP contribution in [-0.4, -0.2) is 47.3 Å². The molecule has 0 radical (unpaired) electrons. The molecule has 3 rings (SSSR count). The van der Waals surface area contributed by atoms with Gasteiger partial charge in [0.2, 0.25) is 0 Å². The fraction of sp³-hybridized carbons (Fsp3) is 0.438. The lowest BCUT2D eigenvalue weighted by atomic mass is 10.2. The lowest BCUT2D eigenvalue weighted by molar-refractivity contribution is 0.0853. The molecule has 1 aromatic heterocycles. The molecule has 1 aliphatic heterocycles. The van der Waals surface area contributed by atoms with Gasteiger partial charge in [-0.1, -0.05) is 17.3 Å². The Morgan fingerprint density at radius 3 is 2.96 bits per heavy atom. The smallest absolute Gasteiger partial charge is 0.273 e. The molecule has 1 N–H and O–H groups in total. The molecule has 122 valence electrons. The number of amides is 1. The van der Waals surface area contributed by atoms with Crippen LogP contribution in [0.2, 0.25) is 0 Å². The van der Waals surface area contributed by atoms with Gasteiger partial charge in [0.15, 0.2) is 5.69 Å². The minimum Gasteiger partial charge on any atom is -0.497 e. The number of hydrogen-bond donors (Lipinski definition) is 1. The van der Waals surface area contributed by atoms with E-state index >= 15 is 0 Å². The molecule has 0 aliphatic carbocycles. The van der Waals surface area contributed by atoms with Crippen molar-refractivity contribution in [1.29, 1.82) is 0 Å². The van der Waals surface area contributed by atoms with Gasteiger partial charge in [0, 0.05) is 13.2 Å². The van der Waals surface area contributed by atoms with Crippen molar-refractivity contribution >= 4 is 5.91 Å². The Kier molecular flexibility index (Phi) is 4.87. The van der Waals surface area contributed by atoms with Gasteiger partial charge in [-0.3, -0.25) is 4.79 Å². The Hall–Kier alpha value is -2.41. The van der Waals surface area contributed by atoms with Crippen molar-refractivity contribution in [2.75, 3.05) is 20.3 Å². The van der Waals surface area contributed by atoms with Crippen molar-refractivity contribution < 1.29 is 14.3 Å². The molecule has 2 heterocycles. The fourth-order valence-electron chi connectivity index (χ4n) is 2.50. The first-order valence-electron chi connectivity index (χ1n) is 7.67. The maximum Gasteiger partial charge on any atom is 0.273 e. The number of nitrogens with one attached hydrogen (secondary N) is 1. The van der Waals surface area contributed by atoms with Crippen LogP contribution in [0.25, 0.3) is 0 Å². The molecular weight excluding hydrogens is 296 g/mol. The summed E-state index contributed by atoms with van der Waals surface area (Å²) in [5.41, 5.74) is 1.37. The molecule has 1 aromatic carbocycles. The summed E-state index contributed by atoms with van der Waals surface area (Å²) in [6, 6.07) is 7.69. The molecule has 0 saturated carbocycles. The number of carbonyl (C=O) groups excluding carboxylic acids is 1. The van der Waals surface area contributed by atoms with Crippen molar-refractivity contribution in [2.45, 2.75) is 25.5 Å². The number of carbonyl (C=O) groups is 1. The van der Waals surface area contributed by atoms with Gasteiger partial charge in [-0.05, 0) is 30.5 Å². The van der Waals surface area contributed by atoms with Gasteiger partial charge in [-0.2, -0.15) is 0 Å². The summed E-state index contributed by atoms with van der Waals surface area (Å²) in [4.78, 5) is 12.1. The molecule has 0 bridgehead atoms. The fourth-order valence-corrected chi connectivity index (χ4v) is 2.50. The van der Waals surface area contributed by atoms with Gasteiger partial charge < -0.3 is 14.8 Å². The van der Waals surface area contributed by atoms with Crippen molar-refractivity contribution in [3.05, 3.63) is 41.7 Å². The zero-order valence-corrected chi connectivity index (χ0v) is 13.1. The van der Waals surface area contributed by atoms with Crippen LogP contribution in [0.3, 0.4) is 0 Å². The Morgan fingerprint density at radius 1 is 1.43 bits per heavy atom. The molecule has 23 heavy (non-hydrogen) atoms. The summed E-state index contributed by atoms with van der Waals surface area (Å²) in [5, 5.41) is 10.8. The van der Waals surface area contributed by atoms with Gasteiger partial charge in [0.05, 0.1) is 26.0 Å². The monoisotopic (exact) mass is 316 g/mol. The Balaban J connectivity index is 1.54. The van der Waals surface area contributed by atoms with E-state index in [9.17, 15) is 4.79 Å². The van der Waals surface area contributed by atoms with Gasteiger partial charge in [-0.25, -0.2) is 4.68 Å². The standard InChI is InChI=1S/C16H20N4O3/c1-22-13-6-4-12(5-7-13)10-20-11-15(18-19-20)16(21)17-9-14-3-2-8-23-14/h4-7,11,14H,2-3,8-10H2,1H3,(H,17,21)/t14-/m1/s1. The number of nitrogens with zero attached hydrogens (tertiary/aromatic N) is 3. The minimum atomic E-state index is -0.221. The first-order chi connectivity index (χ1) is 11.2. The Bertz CT molecular complexity index is 648. The highest BCUT2D eigenvalue weighted by atomic mass is 16.5. The van der Waals surface area contributed by atoms with Crippen molar-refractivity contribution in [3.63, 3.8) is 0 Å². The maximum atomic E-state index is 12.1. The third-order valence-electron chi connectivity index (χ3n) is 3.79. The largest absolute Gasteiger partial charge is 0.497 e. The van der Waals surface area contributed by atoms with Gasteiger partial charge in [0.25, 0.3) is 5.91 Å². The second kappa shape index (κ2) is 7.23. The molecule has 7 heteroatoms. The van der Waals surface area contributed by atoms with Crippen molar-refractivity contribution in [3.8, 4) is 5.75 Å². The van der Waals surface area contributed by atoms with E-state index in [0.29, 0.717) is 18.8 Å². The van der Waals surface area contributed by atoms with E-state index in [1.165, 1.54) is 0 Å². The quantitative estimate of drug-likeness (QED) is 0.867.